The maximum Gasteiger partial charge on any atom is 0.269 e. The summed E-state index contributed by atoms with van der Waals surface area (Å²) in [5.74, 6) is 0. The fraction of sp³-hybridized carbons (Fsp3) is 0.273. The second-order valence-corrected chi connectivity index (χ2v) is 3.06. The molecule has 1 N–H and O–H groups in total. The lowest BCUT2D eigenvalue weighted by Gasteiger charge is -1.95. The number of nitrogens with zero attached hydrogens (tertiary/aromatic N) is 1. The third kappa shape index (κ3) is 3.91. The highest BCUT2D eigenvalue weighted by Crippen LogP contribution is 2.12. The van der Waals surface area contributed by atoms with Crippen molar-refractivity contribution in [3.63, 3.8) is 0 Å². The Bertz CT molecular complexity index is 344. The first kappa shape index (κ1) is 11.4. The molecule has 1 aromatic rings. The van der Waals surface area contributed by atoms with Gasteiger partial charge in [0.05, 0.1) is 4.92 Å². The van der Waals surface area contributed by atoms with E-state index >= 15 is 0 Å². The Morgan fingerprint density at radius 1 is 1.40 bits per heavy atom. The zero-order valence-electron chi connectivity index (χ0n) is 8.64. The summed E-state index contributed by atoms with van der Waals surface area (Å²) in [6, 6.07) is 6.49. The van der Waals surface area contributed by atoms with Crippen LogP contribution in [0.4, 0.5) is 5.69 Å². The molecule has 0 saturated heterocycles. The van der Waals surface area contributed by atoms with Crippen LogP contribution in [0.5, 0.6) is 0 Å². The van der Waals surface area contributed by atoms with Crippen LogP contribution in [0.1, 0.15) is 12.5 Å². The first-order valence-electron chi connectivity index (χ1n) is 4.85. The highest BCUT2D eigenvalue weighted by Gasteiger charge is 2.01. The van der Waals surface area contributed by atoms with Crippen LogP contribution in [-0.4, -0.2) is 18.0 Å². The molecule has 0 aliphatic heterocycles. The van der Waals surface area contributed by atoms with Gasteiger partial charge in [-0.1, -0.05) is 19.1 Å². The molecule has 0 aliphatic rings. The van der Waals surface area contributed by atoms with Gasteiger partial charge in [0.15, 0.2) is 0 Å². The van der Waals surface area contributed by atoms with Gasteiger partial charge in [0, 0.05) is 18.7 Å². The van der Waals surface area contributed by atoms with Crippen molar-refractivity contribution in [1.82, 2.24) is 5.32 Å². The second kappa shape index (κ2) is 5.93. The highest BCUT2D eigenvalue weighted by molar-refractivity contribution is 5.51. The summed E-state index contributed by atoms with van der Waals surface area (Å²) in [5, 5.41) is 13.5. The minimum atomic E-state index is -0.397. The van der Waals surface area contributed by atoms with Gasteiger partial charge in [-0.05, 0) is 24.2 Å². The number of nitrogens with one attached hydrogen (secondary N) is 1. The van der Waals surface area contributed by atoms with Gasteiger partial charge in [-0.3, -0.25) is 10.1 Å². The minimum absolute atomic E-state index is 0.124. The number of nitro benzene ring substituents is 1. The van der Waals surface area contributed by atoms with Crippen molar-refractivity contribution in [2.24, 2.45) is 0 Å². The monoisotopic (exact) mass is 206 g/mol. The number of nitro groups is 1. The maximum atomic E-state index is 10.4. The summed E-state index contributed by atoms with van der Waals surface area (Å²) in [6.45, 7) is 3.79. The molecule has 0 spiro atoms. The largest absolute Gasteiger partial charge is 0.314 e. The van der Waals surface area contributed by atoms with E-state index < -0.39 is 4.92 Å². The molecule has 4 heteroatoms. The Balaban J connectivity index is 2.56. The Morgan fingerprint density at radius 2 is 2.07 bits per heavy atom. The lowest BCUT2D eigenvalue weighted by atomic mass is 10.2. The van der Waals surface area contributed by atoms with Crippen LogP contribution in [0.25, 0.3) is 6.08 Å². The van der Waals surface area contributed by atoms with Gasteiger partial charge in [0.2, 0.25) is 0 Å². The second-order valence-electron chi connectivity index (χ2n) is 3.06. The average molecular weight is 206 g/mol. The number of likely N-dealkylation sites (N-methyl/N-ethyl adjacent to an activating group) is 1. The molecule has 0 bridgehead atoms. The Kier molecular flexibility index (Phi) is 4.50. The highest BCUT2D eigenvalue weighted by atomic mass is 16.6. The molecular formula is C11H14N2O2. The van der Waals surface area contributed by atoms with E-state index in [9.17, 15) is 10.1 Å². The molecule has 1 rings (SSSR count). The van der Waals surface area contributed by atoms with Crippen molar-refractivity contribution in [2.45, 2.75) is 6.92 Å². The van der Waals surface area contributed by atoms with E-state index in [0.29, 0.717) is 0 Å². The van der Waals surface area contributed by atoms with Crippen molar-refractivity contribution < 1.29 is 4.92 Å². The first-order valence-corrected chi connectivity index (χ1v) is 4.85. The van der Waals surface area contributed by atoms with Crippen molar-refractivity contribution >= 4 is 11.8 Å². The molecule has 0 unspecified atom stereocenters. The molecule has 1 aromatic carbocycles. The molecule has 0 fully saturated rings. The molecule has 0 aliphatic carbocycles. The van der Waals surface area contributed by atoms with Gasteiger partial charge < -0.3 is 5.32 Å². The Labute approximate surface area is 88.8 Å². The smallest absolute Gasteiger partial charge is 0.269 e. The molecule has 0 amide bonds. The van der Waals surface area contributed by atoms with Gasteiger partial charge in [-0.2, -0.15) is 0 Å². The summed E-state index contributed by atoms with van der Waals surface area (Å²) in [4.78, 5) is 9.99. The van der Waals surface area contributed by atoms with E-state index in [1.165, 1.54) is 12.1 Å². The Morgan fingerprint density at radius 3 is 2.60 bits per heavy atom. The molecule has 0 radical (unpaired) electrons. The predicted octanol–water partition coefficient (Wildman–Crippen LogP) is 2.22. The molecule has 15 heavy (non-hydrogen) atoms. The summed E-state index contributed by atoms with van der Waals surface area (Å²) >= 11 is 0. The fourth-order valence-electron chi connectivity index (χ4n) is 1.13. The first-order chi connectivity index (χ1) is 7.24. The van der Waals surface area contributed by atoms with E-state index in [1.807, 2.05) is 19.1 Å². The van der Waals surface area contributed by atoms with Crippen molar-refractivity contribution in [1.29, 1.82) is 0 Å². The van der Waals surface area contributed by atoms with E-state index in [1.54, 1.807) is 12.1 Å². The van der Waals surface area contributed by atoms with E-state index in [2.05, 4.69) is 5.32 Å². The lowest BCUT2D eigenvalue weighted by Crippen LogP contribution is -2.11. The molecule has 0 saturated carbocycles. The van der Waals surface area contributed by atoms with Crippen LogP contribution < -0.4 is 5.32 Å². The third-order valence-electron chi connectivity index (χ3n) is 1.93. The van der Waals surface area contributed by atoms with Crippen LogP contribution in [-0.2, 0) is 0 Å². The number of non-ortho nitro benzene ring substituents is 1. The standard InChI is InChI=1S/C11H14N2O2/c1-2-12-9-3-4-10-5-7-11(8-6-10)13(14)15/h3-8,12H,2,9H2,1H3. The van der Waals surface area contributed by atoms with Crippen LogP contribution in [0.3, 0.4) is 0 Å². The van der Waals surface area contributed by atoms with Crippen LogP contribution >= 0.6 is 0 Å². The minimum Gasteiger partial charge on any atom is -0.314 e. The van der Waals surface area contributed by atoms with Gasteiger partial charge in [-0.25, -0.2) is 0 Å². The van der Waals surface area contributed by atoms with E-state index in [-0.39, 0.29) is 5.69 Å². The van der Waals surface area contributed by atoms with Crippen LogP contribution in [0.2, 0.25) is 0 Å². The number of rotatable bonds is 5. The zero-order valence-corrected chi connectivity index (χ0v) is 8.64. The molecule has 4 nitrogen and oxygen atoms in total. The lowest BCUT2D eigenvalue weighted by molar-refractivity contribution is -0.384. The fourth-order valence-corrected chi connectivity index (χ4v) is 1.13. The summed E-state index contributed by atoms with van der Waals surface area (Å²) in [7, 11) is 0. The van der Waals surface area contributed by atoms with Crippen molar-refractivity contribution in [3.05, 3.63) is 46.0 Å². The topological polar surface area (TPSA) is 55.2 Å². The van der Waals surface area contributed by atoms with Crippen molar-refractivity contribution in [3.8, 4) is 0 Å². The molecule has 0 aromatic heterocycles. The van der Waals surface area contributed by atoms with Crippen LogP contribution in [0, 0.1) is 10.1 Å². The summed E-state index contributed by atoms with van der Waals surface area (Å²) in [6.07, 6.45) is 3.93. The number of benzene rings is 1. The predicted molar refractivity (Wildman–Crippen MR) is 60.7 cm³/mol. The van der Waals surface area contributed by atoms with Crippen LogP contribution in [0.15, 0.2) is 30.3 Å². The average Bonchev–Trinajstić information content (AvgIpc) is 2.25. The van der Waals surface area contributed by atoms with Crippen molar-refractivity contribution in [2.75, 3.05) is 13.1 Å². The maximum absolute atomic E-state index is 10.4. The zero-order chi connectivity index (χ0) is 11.1. The number of hydrogen-bond donors (Lipinski definition) is 1. The normalized spacial score (nSPS) is 10.7. The molecular weight excluding hydrogens is 192 g/mol. The summed E-state index contributed by atoms with van der Waals surface area (Å²) in [5.41, 5.74) is 1.09. The SMILES string of the molecule is CCNCC=Cc1ccc([N+](=O)[O-])cc1. The third-order valence-corrected chi connectivity index (χ3v) is 1.93. The van der Waals surface area contributed by atoms with Gasteiger partial charge in [0.1, 0.15) is 0 Å². The van der Waals surface area contributed by atoms with E-state index in [4.69, 9.17) is 0 Å². The van der Waals surface area contributed by atoms with Gasteiger partial charge in [-0.15, -0.1) is 0 Å². The number of hydrogen-bond acceptors (Lipinski definition) is 3. The Hall–Kier alpha value is -1.68. The summed E-state index contributed by atoms with van der Waals surface area (Å²) < 4.78 is 0. The van der Waals surface area contributed by atoms with Gasteiger partial charge in [0.25, 0.3) is 5.69 Å². The van der Waals surface area contributed by atoms with Gasteiger partial charge >= 0.3 is 0 Å². The van der Waals surface area contributed by atoms with E-state index in [0.717, 1.165) is 18.7 Å². The molecule has 0 atom stereocenters. The molecule has 80 valence electrons. The molecule has 0 heterocycles. The quantitative estimate of drug-likeness (QED) is 0.456.